The number of hydrogen-bond acceptors (Lipinski definition) is 0. The van der Waals surface area contributed by atoms with E-state index in [0.717, 1.165) is 13.1 Å². The van der Waals surface area contributed by atoms with Crippen LogP contribution in [0.2, 0.25) is 0 Å². The number of rotatable bonds is 5. The Hall–Kier alpha value is -1.57. The van der Waals surface area contributed by atoms with Gasteiger partial charge in [-0.3, -0.25) is 0 Å². The quantitative estimate of drug-likeness (QED) is 0.696. The third-order valence-corrected chi connectivity index (χ3v) is 2.93. The predicted octanol–water partition coefficient (Wildman–Crippen LogP) is 3.26. The molecule has 0 amide bonds. The minimum absolute atomic E-state index is 1.08. The molecule has 0 saturated carbocycles. The average Bonchev–Trinajstić information content (AvgIpc) is 2.74. The van der Waals surface area contributed by atoms with E-state index >= 15 is 0 Å². The molecular weight excluding hydrogens is 208 g/mol. The van der Waals surface area contributed by atoms with Gasteiger partial charge in [0.1, 0.15) is 12.4 Å². The topological polar surface area (TPSA) is 8.81 Å². The van der Waals surface area contributed by atoms with Crippen LogP contribution in [0.5, 0.6) is 0 Å². The van der Waals surface area contributed by atoms with Crippen LogP contribution < -0.4 is 4.57 Å². The van der Waals surface area contributed by atoms with Crippen LogP contribution in [0.1, 0.15) is 26.7 Å². The Morgan fingerprint density at radius 2 is 1.82 bits per heavy atom. The Morgan fingerprint density at radius 1 is 1.06 bits per heavy atom. The Kier molecular flexibility index (Phi) is 3.97. The summed E-state index contributed by atoms with van der Waals surface area (Å²) in [5.41, 5.74) is 1.31. The highest BCUT2D eigenvalue weighted by Gasteiger charge is 2.17. The van der Waals surface area contributed by atoms with Crippen molar-refractivity contribution in [1.29, 1.82) is 0 Å². The van der Waals surface area contributed by atoms with E-state index in [1.807, 2.05) is 0 Å². The second kappa shape index (κ2) is 5.67. The van der Waals surface area contributed by atoms with E-state index < -0.39 is 0 Å². The van der Waals surface area contributed by atoms with Crippen LogP contribution in [-0.4, -0.2) is 4.57 Å². The molecule has 2 aromatic rings. The molecule has 17 heavy (non-hydrogen) atoms. The Bertz CT molecular complexity index is 434. The smallest absolute Gasteiger partial charge is 0.230 e. The van der Waals surface area contributed by atoms with Gasteiger partial charge in [0.15, 0.2) is 0 Å². The molecule has 1 aromatic heterocycles. The summed E-state index contributed by atoms with van der Waals surface area (Å²) in [6.45, 7) is 6.61. The standard InChI is InChI=1S/C15H21N2/c1-3-10-16-12-13-17(11-4-2)15(16)14-8-6-5-7-9-14/h5-9,12-13H,3-4,10-11H2,1-2H3/q+1. The molecule has 0 aliphatic rings. The summed E-state index contributed by atoms with van der Waals surface area (Å²) in [5.74, 6) is 1.33. The molecule has 0 bridgehead atoms. The second-order valence-electron chi connectivity index (χ2n) is 4.37. The van der Waals surface area contributed by atoms with Crippen LogP contribution >= 0.6 is 0 Å². The monoisotopic (exact) mass is 229 g/mol. The van der Waals surface area contributed by atoms with Gasteiger partial charge in [-0.15, -0.1) is 0 Å². The van der Waals surface area contributed by atoms with Gasteiger partial charge in [-0.2, -0.15) is 0 Å². The zero-order valence-corrected chi connectivity index (χ0v) is 10.8. The summed E-state index contributed by atoms with van der Waals surface area (Å²) in [6, 6.07) is 10.7. The SMILES string of the molecule is CCCn1cc[n+](CCC)c1-c1ccccc1. The van der Waals surface area contributed by atoms with E-state index in [2.05, 4.69) is 65.7 Å². The largest absolute Gasteiger partial charge is 0.288 e. The third-order valence-electron chi connectivity index (χ3n) is 2.93. The molecule has 0 aliphatic carbocycles. The average molecular weight is 229 g/mol. The maximum absolute atomic E-state index is 2.35. The molecule has 0 spiro atoms. The number of aromatic nitrogens is 2. The molecular formula is C15H21N2+. The number of hydrogen-bond donors (Lipinski definition) is 0. The fourth-order valence-corrected chi connectivity index (χ4v) is 2.23. The van der Waals surface area contributed by atoms with E-state index in [4.69, 9.17) is 0 Å². The van der Waals surface area contributed by atoms with Gasteiger partial charge < -0.3 is 0 Å². The molecule has 0 saturated heterocycles. The molecule has 2 heteroatoms. The molecule has 2 rings (SSSR count). The predicted molar refractivity (Wildman–Crippen MR) is 70.6 cm³/mol. The highest BCUT2D eigenvalue weighted by atomic mass is 15.1. The van der Waals surface area contributed by atoms with Crippen molar-refractivity contribution in [3.05, 3.63) is 42.7 Å². The fraction of sp³-hybridized carbons (Fsp3) is 0.400. The van der Waals surface area contributed by atoms with E-state index in [9.17, 15) is 0 Å². The van der Waals surface area contributed by atoms with Crippen molar-refractivity contribution >= 4 is 0 Å². The van der Waals surface area contributed by atoms with Crippen LogP contribution in [0.4, 0.5) is 0 Å². The molecule has 90 valence electrons. The number of benzene rings is 1. The zero-order chi connectivity index (χ0) is 12.1. The van der Waals surface area contributed by atoms with E-state index in [0.29, 0.717) is 0 Å². The lowest BCUT2D eigenvalue weighted by atomic mass is 10.2. The number of imidazole rings is 1. The van der Waals surface area contributed by atoms with Crippen LogP contribution in [0, 0.1) is 0 Å². The Morgan fingerprint density at radius 3 is 2.47 bits per heavy atom. The maximum atomic E-state index is 2.35. The van der Waals surface area contributed by atoms with Gasteiger partial charge in [0, 0.05) is 0 Å². The van der Waals surface area contributed by atoms with Crippen molar-refractivity contribution in [2.75, 3.05) is 0 Å². The van der Waals surface area contributed by atoms with E-state index in [-0.39, 0.29) is 0 Å². The van der Waals surface area contributed by atoms with Gasteiger partial charge in [-0.25, -0.2) is 9.13 Å². The van der Waals surface area contributed by atoms with Gasteiger partial charge in [0.2, 0.25) is 0 Å². The number of aryl methyl sites for hydroxylation is 2. The van der Waals surface area contributed by atoms with Crippen LogP contribution in [-0.2, 0) is 13.1 Å². The minimum Gasteiger partial charge on any atom is -0.230 e. The van der Waals surface area contributed by atoms with Crippen molar-refractivity contribution in [1.82, 2.24) is 4.57 Å². The first-order valence-corrected chi connectivity index (χ1v) is 6.50. The summed E-state index contributed by atoms with van der Waals surface area (Å²) in [6.07, 6.45) is 6.73. The van der Waals surface area contributed by atoms with Crippen molar-refractivity contribution in [3.63, 3.8) is 0 Å². The second-order valence-corrected chi connectivity index (χ2v) is 4.37. The minimum atomic E-state index is 1.08. The van der Waals surface area contributed by atoms with Gasteiger partial charge in [0.05, 0.1) is 18.7 Å². The van der Waals surface area contributed by atoms with Crippen LogP contribution in [0.15, 0.2) is 42.7 Å². The molecule has 1 aromatic carbocycles. The summed E-state index contributed by atoms with van der Waals surface area (Å²) in [7, 11) is 0. The molecule has 0 radical (unpaired) electrons. The maximum Gasteiger partial charge on any atom is 0.288 e. The normalized spacial score (nSPS) is 10.7. The van der Waals surface area contributed by atoms with Gasteiger partial charge in [0.25, 0.3) is 5.82 Å². The first kappa shape index (κ1) is 11.9. The Balaban J connectivity index is 2.44. The van der Waals surface area contributed by atoms with Crippen LogP contribution in [0.25, 0.3) is 11.4 Å². The highest BCUT2D eigenvalue weighted by Crippen LogP contribution is 2.16. The zero-order valence-electron chi connectivity index (χ0n) is 10.8. The summed E-state index contributed by atoms with van der Waals surface area (Å²) < 4.78 is 4.70. The van der Waals surface area contributed by atoms with Crippen molar-refractivity contribution < 1.29 is 4.57 Å². The molecule has 0 fully saturated rings. The Labute approximate surface area is 104 Å². The van der Waals surface area contributed by atoms with Gasteiger partial charge in [-0.05, 0) is 25.0 Å². The van der Waals surface area contributed by atoms with Crippen molar-refractivity contribution in [2.24, 2.45) is 0 Å². The first-order chi connectivity index (χ1) is 8.36. The molecule has 0 atom stereocenters. The molecule has 1 heterocycles. The molecule has 0 aliphatic heterocycles. The summed E-state index contributed by atoms with van der Waals surface area (Å²) in [5, 5.41) is 0. The van der Waals surface area contributed by atoms with E-state index in [1.54, 1.807) is 0 Å². The third kappa shape index (κ3) is 2.57. The summed E-state index contributed by atoms with van der Waals surface area (Å²) >= 11 is 0. The van der Waals surface area contributed by atoms with Gasteiger partial charge >= 0.3 is 0 Å². The fourth-order valence-electron chi connectivity index (χ4n) is 2.23. The number of nitrogens with zero attached hydrogens (tertiary/aromatic N) is 2. The lowest BCUT2D eigenvalue weighted by Gasteiger charge is -2.03. The van der Waals surface area contributed by atoms with E-state index in [1.165, 1.54) is 24.2 Å². The highest BCUT2D eigenvalue weighted by molar-refractivity contribution is 5.52. The van der Waals surface area contributed by atoms with Crippen molar-refractivity contribution in [2.45, 2.75) is 39.8 Å². The lowest BCUT2D eigenvalue weighted by molar-refractivity contribution is -0.685. The van der Waals surface area contributed by atoms with Crippen molar-refractivity contribution in [3.8, 4) is 11.4 Å². The summed E-state index contributed by atoms with van der Waals surface area (Å²) in [4.78, 5) is 0. The molecule has 2 nitrogen and oxygen atoms in total. The first-order valence-electron chi connectivity index (χ1n) is 6.50. The van der Waals surface area contributed by atoms with Crippen LogP contribution in [0.3, 0.4) is 0 Å². The molecule has 0 N–H and O–H groups in total. The molecule has 0 unspecified atom stereocenters. The van der Waals surface area contributed by atoms with Gasteiger partial charge in [-0.1, -0.05) is 32.0 Å². The lowest BCUT2D eigenvalue weighted by Crippen LogP contribution is -2.34.